The Labute approximate surface area is 125 Å². The number of para-hydroxylation sites is 2. The second kappa shape index (κ2) is 7.11. The number of sulfonamides is 1. The molecule has 1 aromatic rings. The maximum atomic E-state index is 12.0. The van der Waals surface area contributed by atoms with Gasteiger partial charge in [-0.3, -0.25) is 0 Å². The summed E-state index contributed by atoms with van der Waals surface area (Å²) >= 11 is 0. The van der Waals surface area contributed by atoms with Gasteiger partial charge in [0, 0.05) is 6.04 Å². The zero-order chi connectivity index (χ0) is 15.3. The minimum atomic E-state index is -3.38. The summed E-state index contributed by atoms with van der Waals surface area (Å²) in [5.74, 6) is 0.383. The number of hydrogen-bond donors (Lipinski definition) is 3. The summed E-state index contributed by atoms with van der Waals surface area (Å²) in [7, 11) is -3.38. The summed E-state index contributed by atoms with van der Waals surface area (Å²) < 4.78 is 32.0. The minimum Gasteiger partial charge on any atom is -0.490 e. The molecule has 0 unspecified atom stereocenters. The lowest BCUT2D eigenvalue weighted by Gasteiger charge is -2.25. The predicted octanol–water partition coefficient (Wildman–Crippen LogP) is 0.870. The summed E-state index contributed by atoms with van der Waals surface area (Å²) in [5, 5.41) is 9.41. The highest BCUT2D eigenvalue weighted by Crippen LogP contribution is 2.20. The van der Waals surface area contributed by atoms with Crippen molar-refractivity contribution in [2.45, 2.75) is 37.8 Å². The van der Waals surface area contributed by atoms with E-state index in [9.17, 15) is 13.5 Å². The SMILES string of the molecule is Nc1ccccc1OCCS(=O)(=O)NC1CCC(O)CC1. The molecular formula is C14H22N2O4S. The fraction of sp³-hybridized carbons (Fsp3) is 0.571. The van der Waals surface area contributed by atoms with Crippen molar-refractivity contribution in [2.24, 2.45) is 0 Å². The number of aliphatic hydroxyl groups excluding tert-OH is 1. The van der Waals surface area contributed by atoms with Crippen LogP contribution in [0.15, 0.2) is 24.3 Å². The van der Waals surface area contributed by atoms with E-state index < -0.39 is 10.0 Å². The van der Waals surface area contributed by atoms with Gasteiger partial charge in [0.25, 0.3) is 0 Å². The Hall–Kier alpha value is -1.31. The van der Waals surface area contributed by atoms with Crippen molar-refractivity contribution in [2.75, 3.05) is 18.1 Å². The van der Waals surface area contributed by atoms with Gasteiger partial charge in [0.1, 0.15) is 12.4 Å². The van der Waals surface area contributed by atoms with Gasteiger partial charge in [-0.15, -0.1) is 0 Å². The number of benzene rings is 1. The predicted molar refractivity (Wildman–Crippen MR) is 81.5 cm³/mol. The molecule has 4 N–H and O–H groups in total. The van der Waals surface area contributed by atoms with Crippen LogP contribution in [0.1, 0.15) is 25.7 Å². The highest BCUT2D eigenvalue weighted by Gasteiger charge is 2.23. The molecule has 0 atom stereocenters. The van der Waals surface area contributed by atoms with E-state index in [2.05, 4.69) is 4.72 Å². The average molecular weight is 314 g/mol. The van der Waals surface area contributed by atoms with Crippen molar-refractivity contribution in [1.82, 2.24) is 4.72 Å². The maximum absolute atomic E-state index is 12.0. The zero-order valence-corrected chi connectivity index (χ0v) is 12.7. The van der Waals surface area contributed by atoms with Crippen LogP contribution >= 0.6 is 0 Å². The van der Waals surface area contributed by atoms with Crippen LogP contribution in [-0.4, -0.2) is 38.0 Å². The summed E-state index contributed by atoms with van der Waals surface area (Å²) in [4.78, 5) is 0. The van der Waals surface area contributed by atoms with Crippen molar-refractivity contribution >= 4 is 15.7 Å². The number of anilines is 1. The Morgan fingerprint density at radius 1 is 1.24 bits per heavy atom. The first-order valence-electron chi connectivity index (χ1n) is 7.11. The summed E-state index contributed by atoms with van der Waals surface area (Å²) in [6.07, 6.45) is 2.34. The highest BCUT2D eigenvalue weighted by molar-refractivity contribution is 7.89. The van der Waals surface area contributed by atoms with Crippen LogP contribution in [-0.2, 0) is 10.0 Å². The Bertz CT molecular complexity index is 554. The van der Waals surface area contributed by atoms with Crippen LogP contribution in [0.2, 0.25) is 0 Å². The summed E-state index contributed by atoms with van der Waals surface area (Å²) in [6, 6.07) is 6.90. The van der Waals surface area contributed by atoms with Crippen LogP contribution in [0.4, 0.5) is 5.69 Å². The molecule has 0 aliphatic heterocycles. The van der Waals surface area contributed by atoms with E-state index in [0.717, 1.165) is 0 Å². The maximum Gasteiger partial charge on any atom is 0.215 e. The van der Waals surface area contributed by atoms with E-state index in [1.165, 1.54) is 0 Å². The number of nitrogen functional groups attached to an aromatic ring is 1. The number of hydrogen-bond acceptors (Lipinski definition) is 5. The molecule has 0 amide bonds. The fourth-order valence-corrected chi connectivity index (χ4v) is 3.54. The van der Waals surface area contributed by atoms with E-state index >= 15 is 0 Å². The highest BCUT2D eigenvalue weighted by atomic mass is 32.2. The topological polar surface area (TPSA) is 102 Å². The van der Waals surface area contributed by atoms with E-state index in [4.69, 9.17) is 10.5 Å². The van der Waals surface area contributed by atoms with Gasteiger partial charge in [0.15, 0.2) is 0 Å². The Morgan fingerprint density at radius 2 is 1.90 bits per heavy atom. The lowest BCUT2D eigenvalue weighted by molar-refractivity contribution is 0.120. The average Bonchev–Trinajstić information content (AvgIpc) is 2.43. The Balaban J connectivity index is 1.78. The molecule has 2 rings (SSSR count). The molecule has 1 aliphatic carbocycles. The summed E-state index contributed by atoms with van der Waals surface area (Å²) in [6.45, 7) is 0.0545. The van der Waals surface area contributed by atoms with Gasteiger partial charge in [0.2, 0.25) is 10.0 Å². The molecule has 0 radical (unpaired) electrons. The van der Waals surface area contributed by atoms with Crippen LogP contribution in [0.25, 0.3) is 0 Å². The fourth-order valence-electron chi connectivity index (χ4n) is 2.38. The van der Waals surface area contributed by atoms with Crippen LogP contribution in [0.5, 0.6) is 5.75 Å². The lowest BCUT2D eigenvalue weighted by atomic mass is 9.94. The van der Waals surface area contributed by atoms with Crippen molar-refractivity contribution in [3.63, 3.8) is 0 Å². The Kier molecular flexibility index (Phi) is 5.44. The monoisotopic (exact) mass is 314 g/mol. The van der Waals surface area contributed by atoms with Gasteiger partial charge >= 0.3 is 0 Å². The third-order valence-electron chi connectivity index (χ3n) is 3.57. The van der Waals surface area contributed by atoms with Crippen LogP contribution < -0.4 is 15.2 Å². The molecule has 0 bridgehead atoms. The third kappa shape index (κ3) is 5.18. The van der Waals surface area contributed by atoms with Gasteiger partial charge in [0.05, 0.1) is 17.5 Å². The first-order chi connectivity index (χ1) is 9.96. The standard InChI is InChI=1S/C14H22N2O4S/c15-13-3-1-2-4-14(13)20-9-10-21(18,19)16-11-5-7-12(17)8-6-11/h1-4,11-12,16-17H,5-10,15H2. The smallest absolute Gasteiger partial charge is 0.215 e. The van der Waals surface area contributed by atoms with Gasteiger partial charge < -0.3 is 15.6 Å². The van der Waals surface area contributed by atoms with Gasteiger partial charge in [-0.05, 0) is 37.8 Å². The number of aliphatic hydroxyl groups is 1. The van der Waals surface area contributed by atoms with Crippen molar-refractivity contribution < 1.29 is 18.3 Å². The van der Waals surface area contributed by atoms with E-state index in [1.807, 2.05) is 0 Å². The molecule has 6 nitrogen and oxygen atoms in total. The minimum absolute atomic E-state index is 0.0545. The number of rotatable bonds is 6. The third-order valence-corrected chi connectivity index (χ3v) is 4.97. The molecule has 118 valence electrons. The summed E-state index contributed by atoms with van der Waals surface area (Å²) in [5.41, 5.74) is 6.21. The number of ether oxygens (including phenoxy) is 1. The van der Waals surface area contributed by atoms with E-state index in [0.29, 0.717) is 37.1 Å². The molecule has 1 aromatic carbocycles. The second-order valence-electron chi connectivity index (χ2n) is 5.33. The normalized spacial score (nSPS) is 22.9. The van der Waals surface area contributed by atoms with Crippen LogP contribution in [0, 0.1) is 0 Å². The Morgan fingerprint density at radius 3 is 2.57 bits per heavy atom. The molecule has 7 heteroatoms. The number of nitrogens with one attached hydrogen (secondary N) is 1. The largest absolute Gasteiger partial charge is 0.490 e. The molecule has 0 spiro atoms. The molecule has 1 fully saturated rings. The first kappa shape index (κ1) is 16.1. The molecule has 21 heavy (non-hydrogen) atoms. The molecular weight excluding hydrogens is 292 g/mol. The van der Waals surface area contributed by atoms with Gasteiger partial charge in [-0.1, -0.05) is 12.1 Å². The lowest BCUT2D eigenvalue weighted by Crippen LogP contribution is -2.40. The molecule has 0 saturated heterocycles. The first-order valence-corrected chi connectivity index (χ1v) is 8.77. The molecule has 0 aromatic heterocycles. The van der Waals surface area contributed by atoms with E-state index in [-0.39, 0.29) is 24.5 Å². The second-order valence-corrected chi connectivity index (χ2v) is 7.20. The van der Waals surface area contributed by atoms with E-state index in [1.54, 1.807) is 24.3 Å². The molecule has 1 aliphatic rings. The van der Waals surface area contributed by atoms with Crippen molar-refractivity contribution in [3.8, 4) is 5.75 Å². The van der Waals surface area contributed by atoms with Crippen molar-refractivity contribution in [1.29, 1.82) is 0 Å². The quantitative estimate of drug-likeness (QED) is 0.676. The van der Waals surface area contributed by atoms with Crippen LogP contribution in [0.3, 0.4) is 0 Å². The zero-order valence-electron chi connectivity index (χ0n) is 11.9. The van der Waals surface area contributed by atoms with Gasteiger partial charge in [-0.2, -0.15) is 0 Å². The number of nitrogens with two attached hydrogens (primary N) is 1. The molecule has 1 saturated carbocycles. The molecule has 0 heterocycles. The van der Waals surface area contributed by atoms with Crippen molar-refractivity contribution in [3.05, 3.63) is 24.3 Å². The van der Waals surface area contributed by atoms with Gasteiger partial charge in [-0.25, -0.2) is 13.1 Å².